The second-order valence-corrected chi connectivity index (χ2v) is 3.14. The standard InChI is InChI=1S/C9H11ClFNO/c1-12(13-2)6-7-3-4-8(10)5-9(7)11/h3-5H,6H2,1-2H3. The summed E-state index contributed by atoms with van der Waals surface area (Å²) in [5.41, 5.74) is 0.564. The van der Waals surface area contributed by atoms with Gasteiger partial charge in [-0.2, -0.15) is 5.06 Å². The molecule has 0 fully saturated rings. The van der Waals surface area contributed by atoms with E-state index in [1.54, 1.807) is 19.2 Å². The lowest BCUT2D eigenvalue weighted by molar-refractivity contribution is -0.117. The Labute approximate surface area is 81.8 Å². The van der Waals surface area contributed by atoms with Crippen LogP contribution in [0.5, 0.6) is 0 Å². The number of hydroxylamine groups is 2. The normalized spacial score (nSPS) is 10.8. The maximum atomic E-state index is 13.2. The van der Waals surface area contributed by atoms with Crippen molar-refractivity contribution in [2.24, 2.45) is 0 Å². The third-order valence-corrected chi connectivity index (χ3v) is 1.95. The molecule has 72 valence electrons. The molecule has 2 nitrogen and oxygen atoms in total. The smallest absolute Gasteiger partial charge is 0.129 e. The number of halogens is 2. The Morgan fingerprint density at radius 1 is 1.54 bits per heavy atom. The lowest BCUT2D eigenvalue weighted by Gasteiger charge is -2.13. The van der Waals surface area contributed by atoms with Crippen molar-refractivity contribution in [2.45, 2.75) is 6.54 Å². The first-order chi connectivity index (χ1) is 6.13. The van der Waals surface area contributed by atoms with Crippen molar-refractivity contribution >= 4 is 11.6 Å². The van der Waals surface area contributed by atoms with Crippen molar-refractivity contribution in [3.8, 4) is 0 Å². The zero-order valence-electron chi connectivity index (χ0n) is 7.55. The lowest BCUT2D eigenvalue weighted by atomic mass is 10.2. The number of hydrogen-bond acceptors (Lipinski definition) is 2. The van der Waals surface area contributed by atoms with Gasteiger partial charge in [0.05, 0.1) is 13.7 Å². The highest BCUT2D eigenvalue weighted by molar-refractivity contribution is 6.30. The summed E-state index contributed by atoms with van der Waals surface area (Å²) in [5.74, 6) is -0.309. The summed E-state index contributed by atoms with van der Waals surface area (Å²) < 4.78 is 13.2. The molecule has 0 aliphatic rings. The maximum Gasteiger partial charge on any atom is 0.129 e. The van der Waals surface area contributed by atoms with Gasteiger partial charge in [-0.3, -0.25) is 0 Å². The van der Waals surface area contributed by atoms with E-state index < -0.39 is 0 Å². The van der Waals surface area contributed by atoms with Crippen LogP contribution in [-0.2, 0) is 11.4 Å². The van der Waals surface area contributed by atoms with Gasteiger partial charge in [0.15, 0.2) is 0 Å². The van der Waals surface area contributed by atoms with Crippen molar-refractivity contribution in [1.82, 2.24) is 5.06 Å². The van der Waals surface area contributed by atoms with Gasteiger partial charge < -0.3 is 4.84 Å². The van der Waals surface area contributed by atoms with Gasteiger partial charge in [-0.25, -0.2) is 4.39 Å². The summed E-state index contributed by atoms with van der Waals surface area (Å²) in [6.07, 6.45) is 0. The molecule has 0 bridgehead atoms. The number of benzene rings is 1. The Morgan fingerprint density at radius 3 is 2.77 bits per heavy atom. The van der Waals surface area contributed by atoms with E-state index in [9.17, 15) is 4.39 Å². The summed E-state index contributed by atoms with van der Waals surface area (Å²) in [7, 11) is 3.27. The van der Waals surface area contributed by atoms with Gasteiger partial charge in [-0.05, 0) is 12.1 Å². The minimum Gasteiger partial charge on any atom is -0.302 e. The summed E-state index contributed by atoms with van der Waals surface area (Å²) >= 11 is 5.60. The number of rotatable bonds is 3. The van der Waals surface area contributed by atoms with E-state index in [4.69, 9.17) is 16.4 Å². The molecule has 0 amide bonds. The summed E-state index contributed by atoms with van der Waals surface area (Å²) in [5, 5.41) is 1.94. The molecule has 0 aromatic heterocycles. The highest BCUT2D eigenvalue weighted by Crippen LogP contribution is 2.15. The molecule has 0 spiro atoms. The van der Waals surface area contributed by atoms with Crippen molar-refractivity contribution in [3.63, 3.8) is 0 Å². The van der Waals surface area contributed by atoms with Crippen LogP contribution in [0.3, 0.4) is 0 Å². The SMILES string of the molecule is CON(C)Cc1ccc(Cl)cc1F. The van der Waals surface area contributed by atoms with Crippen LogP contribution >= 0.6 is 11.6 Å². The Morgan fingerprint density at radius 2 is 2.23 bits per heavy atom. The van der Waals surface area contributed by atoms with Gasteiger partial charge in [0.1, 0.15) is 5.82 Å². The Bertz CT molecular complexity index is 293. The first-order valence-corrected chi connectivity index (χ1v) is 4.20. The van der Waals surface area contributed by atoms with E-state index >= 15 is 0 Å². The molecular formula is C9H11ClFNO. The summed E-state index contributed by atoms with van der Waals surface area (Å²) in [4.78, 5) is 4.87. The van der Waals surface area contributed by atoms with Crippen LogP contribution in [0.1, 0.15) is 5.56 Å². The van der Waals surface area contributed by atoms with Crippen LogP contribution in [0, 0.1) is 5.82 Å². The highest BCUT2D eigenvalue weighted by Gasteiger charge is 2.05. The third-order valence-electron chi connectivity index (χ3n) is 1.72. The molecule has 13 heavy (non-hydrogen) atoms. The average molecular weight is 204 g/mol. The zero-order valence-corrected chi connectivity index (χ0v) is 8.31. The summed E-state index contributed by atoms with van der Waals surface area (Å²) in [6, 6.07) is 4.59. The summed E-state index contributed by atoms with van der Waals surface area (Å²) in [6.45, 7) is 0.402. The fourth-order valence-electron chi connectivity index (χ4n) is 0.954. The second kappa shape index (κ2) is 4.56. The molecule has 1 aromatic rings. The van der Waals surface area contributed by atoms with Crippen LogP contribution in [0.2, 0.25) is 5.02 Å². The first-order valence-electron chi connectivity index (χ1n) is 3.82. The van der Waals surface area contributed by atoms with Crippen LogP contribution in [-0.4, -0.2) is 19.2 Å². The molecule has 0 saturated heterocycles. The molecule has 0 unspecified atom stereocenters. The minimum atomic E-state index is -0.309. The Kier molecular flexibility index (Phi) is 3.66. The lowest BCUT2D eigenvalue weighted by Crippen LogP contribution is -2.16. The van der Waals surface area contributed by atoms with E-state index in [0.29, 0.717) is 17.1 Å². The molecule has 4 heteroatoms. The number of hydrogen-bond donors (Lipinski definition) is 0. The maximum absolute atomic E-state index is 13.2. The minimum absolute atomic E-state index is 0.309. The van der Waals surface area contributed by atoms with Crippen molar-refractivity contribution in [1.29, 1.82) is 0 Å². The fraction of sp³-hybridized carbons (Fsp3) is 0.333. The molecule has 0 saturated carbocycles. The molecule has 0 radical (unpaired) electrons. The van der Waals surface area contributed by atoms with Crippen LogP contribution in [0.15, 0.2) is 18.2 Å². The van der Waals surface area contributed by atoms with Crippen LogP contribution < -0.4 is 0 Å². The quantitative estimate of drug-likeness (QED) is 0.700. The monoisotopic (exact) mass is 203 g/mol. The molecular weight excluding hydrogens is 193 g/mol. The molecule has 0 atom stereocenters. The van der Waals surface area contributed by atoms with Crippen LogP contribution in [0.25, 0.3) is 0 Å². The van der Waals surface area contributed by atoms with Gasteiger partial charge in [-0.1, -0.05) is 17.7 Å². The van der Waals surface area contributed by atoms with Crippen molar-refractivity contribution < 1.29 is 9.23 Å². The third kappa shape index (κ3) is 2.95. The van der Waals surface area contributed by atoms with Gasteiger partial charge in [-0.15, -0.1) is 0 Å². The van der Waals surface area contributed by atoms with Gasteiger partial charge in [0.2, 0.25) is 0 Å². The molecule has 0 heterocycles. The van der Waals surface area contributed by atoms with Crippen molar-refractivity contribution in [2.75, 3.05) is 14.2 Å². The van der Waals surface area contributed by atoms with Gasteiger partial charge in [0.25, 0.3) is 0 Å². The second-order valence-electron chi connectivity index (χ2n) is 2.70. The predicted octanol–water partition coefficient (Wildman–Crippen LogP) is 2.47. The fourth-order valence-corrected chi connectivity index (χ4v) is 1.11. The zero-order chi connectivity index (χ0) is 9.84. The van der Waals surface area contributed by atoms with Gasteiger partial charge >= 0.3 is 0 Å². The Balaban J connectivity index is 2.77. The first kappa shape index (κ1) is 10.4. The molecule has 0 N–H and O–H groups in total. The Hall–Kier alpha value is -0.640. The highest BCUT2D eigenvalue weighted by atomic mass is 35.5. The molecule has 0 aliphatic carbocycles. The van der Waals surface area contributed by atoms with E-state index in [1.807, 2.05) is 0 Å². The topological polar surface area (TPSA) is 12.5 Å². The van der Waals surface area contributed by atoms with Gasteiger partial charge in [0, 0.05) is 17.6 Å². The van der Waals surface area contributed by atoms with E-state index in [1.165, 1.54) is 18.2 Å². The van der Waals surface area contributed by atoms with E-state index in [0.717, 1.165) is 0 Å². The molecule has 0 aliphatic heterocycles. The molecule has 1 rings (SSSR count). The largest absolute Gasteiger partial charge is 0.302 e. The average Bonchev–Trinajstić information content (AvgIpc) is 2.09. The predicted molar refractivity (Wildman–Crippen MR) is 49.9 cm³/mol. The van der Waals surface area contributed by atoms with E-state index in [2.05, 4.69) is 0 Å². The van der Waals surface area contributed by atoms with E-state index in [-0.39, 0.29) is 5.82 Å². The molecule has 1 aromatic carbocycles. The van der Waals surface area contributed by atoms with Crippen LogP contribution in [0.4, 0.5) is 4.39 Å². The number of nitrogens with zero attached hydrogens (tertiary/aromatic N) is 1. The van der Waals surface area contributed by atoms with Crippen molar-refractivity contribution in [3.05, 3.63) is 34.6 Å².